The van der Waals surface area contributed by atoms with E-state index < -0.39 is 17.4 Å². The number of hydrogen-bond donors (Lipinski definition) is 2. The Morgan fingerprint density at radius 3 is 2.68 bits per heavy atom. The number of rotatable bonds is 4. The molecule has 1 unspecified atom stereocenters. The van der Waals surface area contributed by atoms with Crippen LogP contribution in [0.3, 0.4) is 0 Å². The number of carbonyl (C=O) groups is 1. The molecule has 2 rings (SSSR count). The van der Waals surface area contributed by atoms with Gasteiger partial charge in [0.2, 0.25) is 0 Å². The van der Waals surface area contributed by atoms with Crippen LogP contribution in [0.4, 0.5) is 4.39 Å². The largest absolute Gasteiger partial charge is 0.478 e. The van der Waals surface area contributed by atoms with Crippen LogP contribution in [0.25, 0.3) is 0 Å². The zero-order chi connectivity index (χ0) is 14.0. The molecule has 0 saturated carbocycles. The van der Waals surface area contributed by atoms with Gasteiger partial charge in [0.25, 0.3) is 0 Å². The van der Waals surface area contributed by atoms with Crippen LogP contribution >= 0.6 is 11.3 Å². The lowest BCUT2D eigenvalue weighted by molar-refractivity contribution is 0.0544. The Hall–Kier alpha value is -1.72. The highest BCUT2D eigenvalue weighted by Gasteiger charge is 2.30. The molecule has 100 valence electrons. The number of thiophene rings is 1. The lowest BCUT2D eigenvalue weighted by Crippen LogP contribution is -2.25. The number of benzene rings is 1. The van der Waals surface area contributed by atoms with Gasteiger partial charge in [-0.1, -0.05) is 18.2 Å². The first kappa shape index (κ1) is 13.7. The number of aromatic carboxylic acids is 1. The van der Waals surface area contributed by atoms with Gasteiger partial charge in [0.15, 0.2) is 0 Å². The third-order valence-electron chi connectivity index (χ3n) is 2.88. The van der Waals surface area contributed by atoms with Gasteiger partial charge >= 0.3 is 5.97 Å². The maximum atomic E-state index is 13.6. The van der Waals surface area contributed by atoms with Crippen molar-refractivity contribution in [1.29, 1.82) is 0 Å². The van der Waals surface area contributed by atoms with E-state index in [0.717, 1.165) is 11.3 Å². The van der Waals surface area contributed by atoms with Crippen LogP contribution in [0.5, 0.6) is 0 Å². The number of hydrogen-bond acceptors (Lipinski definition) is 3. The molecule has 1 atom stereocenters. The summed E-state index contributed by atoms with van der Waals surface area (Å²) in [5.74, 6) is -1.50. The van der Waals surface area contributed by atoms with E-state index in [4.69, 9.17) is 5.11 Å². The molecule has 5 heteroatoms. The van der Waals surface area contributed by atoms with Gasteiger partial charge in [0.05, 0.1) is 10.4 Å². The molecule has 0 aliphatic heterocycles. The molecule has 0 bridgehead atoms. The summed E-state index contributed by atoms with van der Waals surface area (Å²) in [5, 5.41) is 21.1. The first-order valence-corrected chi connectivity index (χ1v) is 6.57. The summed E-state index contributed by atoms with van der Waals surface area (Å²) in [6.45, 7) is 1.50. The van der Waals surface area contributed by atoms with E-state index in [-0.39, 0.29) is 12.0 Å². The Labute approximate surface area is 114 Å². The molecular weight excluding hydrogens is 267 g/mol. The molecule has 2 aromatic rings. The fourth-order valence-corrected chi connectivity index (χ4v) is 2.94. The first-order valence-electron chi connectivity index (χ1n) is 5.69. The molecule has 1 aromatic carbocycles. The molecule has 1 aromatic heterocycles. The van der Waals surface area contributed by atoms with Crippen LogP contribution < -0.4 is 0 Å². The topological polar surface area (TPSA) is 57.5 Å². The predicted octanol–water partition coefficient (Wildman–Crippen LogP) is 3.04. The summed E-state index contributed by atoms with van der Waals surface area (Å²) in [5.41, 5.74) is -0.993. The molecular formula is C14H13FO3S. The summed E-state index contributed by atoms with van der Waals surface area (Å²) in [6, 6.07) is 7.59. The average molecular weight is 280 g/mol. The first-order chi connectivity index (χ1) is 8.92. The highest BCUT2D eigenvalue weighted by Crippen LogP contribution is 2.33. The minimum atomic E-state index is -1.41. The standard InChI is InChI=1S/C14H13FO3S/c1-14(18,8-9-4-2-3-5-11(9)15)12-10(13(16)17)6-7-19-12/h2-7,18H,8H2,1H3,(H,16,17). The quantitative estimate of drug-likeness (QED) is 0.905. The van der Waals surface area contributed by atoms with Crippen LogP contribution in [0, 0.1) is 5.82 Å². The van der Waals surface area contributed by atoms with Crippen LogP contribution in [-0.4, -0.2) is 16.2 Å². The van der Waals surface area contributed by atoms with Crippen molar-refractivity contribution in [3.63, 3.8) is 0 Å². The zero-order valence-corrected chi connectivity index (χ0v) is 11.1. The second kappa shape index (κ2) is 5.11. The van der Waals surface area contributed by atoms with E-state index in [1.807, 2.05) is 0 Å². The van der Waals surface area contributed by atoms with Crippen molar-refractivity contribution in [2.24, 2.45) is 0 Å². The van der Waals surface area contributed by atoms with Crippen molar-refractivity contribution < 1.29 is 19.4 Å². The van der Waals surface area contributed by atoms with Crippen LogP contribution in [-0.2, 0) is 12.0 Å². The maximum Gasteiger partial charge on any atom is 0.336 e. The molecule has 19 heavy (non-hydrogen) atoms. The minimum absolute atomic E-state index is 0.0282. The van der Waals surface area contributed by atoms with Crippen molar-refractivity contribution in [2.75, 3.05) is 0 Å². The van der Waals surface area contributed by atoms with E-state index >= 15 is 0 Å². The van der Waals surface area contributed by atoms with Crippen LogP contribution in [0.1, 0.15) is 27.7 Å². The molecule has 0 aliphatic rings. The molecule has 0 amide bonds. The molecule has 1 heterocycles. The van der Waals surface area contributed by atoms with Gasteiger partial charge < -0.3 is 10.2 Å². The van der Waals surface area contributed by atoms with Gasteiger partial charge in [-0.3, -0.25) is 0 Å². The summed E-state index contributed by atoms with van der Waals surface area (Å²) in [6.07, 6.45) is 0.0282. The Kier molecular flexibility index (Phi) is 3.68. The molecule has 0 aliphatic carbocycles. The van der Waals surface area contributed by atoms with Crippen LogP contribution in [0.2, 0.25) is 0 Å². The number of carboxylic acids is 1. The smallest absolute Gasteiger partial charge is 0.336 e. The van der Waals surface area contributed by atoms with E-state index in [9.17, 15) is 14.3 Å². The average Bonchev–Trinajstić information content (AvgIpc) is 2.82. The van der Waals surface area contributed by atoms with Crippen molar-refractivity contribution in [2.45, 2.75) is 18.9 Å². The fourth-order valence-electron chi connectivity index (χ4n) is 1.99. The monoisotopic (exact) mass is 280 g/mol. The normalized spacial score (nSPS) is 14.1. The van der Waals surface area contributed by atoms with Gasteiger partial charge in [-0.05, 0) is 30.0 Å². The summed E-state index contributed by atoms with van der Waals surface area (Å²) in [7, 11) is 0. The number of halogens is 1. The Bertz CT molecular complexity index is 604. The molecule has 2 N–H and O–H groups in total. The zero-order valence-electron chi connectivity index (χ0n) is 10.3. The van der Waals surface area contributed by atoms with Gasteiger partial charge in [-0.25, -0.2) is 9.18 Å². The van der Waals surface area contributed by atoms with Crippen LogP contribution in [0.15, 0.2) is 35.7 Å². The predicted molar refractivity (Wildman–Crippen MR) is 71.0 cm³/mol. The minimum Gasteiger partial charge on any atom is -0.478 e. The van der Waals surface area contributed by atoms with Crippen molar-refractivity contribution in [1.82, 2.24) is 0 Å². The number of aliphatic hydroxyl groups is 1. The van der Waals surface area contributed by atoms with Crippen molar-refractivity contribution in [3.8, 4) is 0 Å². The highest BCUT2D eigenvalue weighted by atomic mass is 32.1. The van der Waals surface area contributed by atoms with Gasteiger partial charge in [-0.15, -0.1) is 11.3 Å². The SMILES string of the molecule is CC(O)(Cc1ccccc1F)c1sccc1C(=O)O. The van der Waals surface area contributed by atoms with Gasteiger partial charge in [-0.2, -0.15) is 0 Å². The second-order valence-electron chi connectivity index (χ2n) is 4.51. The summed E-state index contributed by atoms with van der Waals surface area (Å²) < 4.78 is 13.6. The Morgan fingerprint density at radius 2 is 2.05 bits per heavy atom. The van der Waals surface area contributed by atoms with Crippen molar-refractivity contribution in [3.05, 3.63) is 57.5 Å². The Morgan fingerprint density at radius 1 is 1.37 bits per heavy atom. The van der Waals surface area contributed by atoms with Gasteiger partial charge in [0, 0.05) is 6.42 Å². The Balaban J connectivity index is 2.35. The molecule has 0 fully saturated rings. The van der Waals surface area contributed by atoms with Crippen molar-refractivity contribution >= 4 is 17.3 Å². The van der Waals surface area contributed by atoms with E-state index in [0.29, 0.717) is 10.4 Å². The highest BCUT2D eigenvalue weighted by molar-refractivity contribution is 7.10. The molecule has 0 saturated heterocycles. The third-order valence-corrected chi connectivity index (χ3v) is 4.04. The lowest BCUT2D eigenvalue weighted by Gasteiger charge is -2.23. The fraction of sp³-hybridized carbons (Fsp3) is 0.214. The third kappa shape index (κ3) is 2.83. The van der Waals surface area contributed by atoms with E-state index in [1.54, 1.807) is 23.6 Å². The van der Waals surface area contributed by atoms with Gasteiger partial charge in [0.1, 0.15) is 11.4 Å². The maximum absolute atomic E-state index is 13.6. The summed E-state index contributed by atoms with van der Waals surface area (Å²) in [4.78, 5) is 11.4. The van der Waals surface area contributed by atoms with E-state index in [1.165, 1.54) is 19.1 Å². The molecule has 0 radical (unpaired) electrons. The molecule has 0 spiro atoms. The second-order valence-corrected chi connectivity index (χ2v) is 5.43. The number of carboxylic acid groups (broad SMARTS) is 1. The summed E-state index contributed by atoms with van der Waals surface area (Å²) >= 11 is 1.16. The molecule has 3 nitrogen and oxygen atoms in total. The van der Waals surface area contributed by atoms with E-state index in [2.05, 4.69) is 0 Å². The lowest BCUT2D eigenvalue weighted by atomic mass is 9.92.